The van der Waals surface area contributed by atoms with E-state index >= 15 is 0 Å². The number of amides is 1. The lowest BCUT2D eigenvalue weighted by molar-refractivity contribution is -0.384. The number of benzene rings is 2. The van der Waals surface area contributed by atoms with Crippen LogP contribution < -0.4 is 10.2 Å². The predicted octanol–water partition coefficient (Wildman–Crippen LogP) is 2.14. The molecule has 0 saturated heterocycles. The number of phenols is 1. The molecule has 2 aromatic carbocycles. The number of aryl methyl sites for hydroxylation is 1. The summed E-state index contributed by atoms with van der Waals surface area (Å²) in [5, 5.41) is 24.1. The Morgan fingerprint density at radius 2 is 2.17 bits per heavy atom. The first-order valence-corrected chi connectivity index (χ1v) is 6.94. The highest BCUT2D eigenvalue weighted by molar-refractivity contribution is 5.85. The van der Waals surface area contributed by atoms with E-state index in [-0.39, 0.29) is 23.8 Å². The number of hydrogen-bond acceptors (Lipinski definition) is 6. The van der Waals surface area contributed by atoms with E-state index in [9.17, 15) is 20.0 Å². The van der Waals surface area contributed by atoms with Crippen LogP contribution in [0.2, 0.25) is 0 Å². The number of hydrogen-bond donors (Lipinski definition) is 2. The number of nitrogens with zero attached hydrogens (tertiary/aromatic N) is 2. The summed E-state index contributed by atoms with van der Waals surface area (Å²) in [7, 11) is 0. The van der Waals surface area contributed by atoms with Gasteiger partial charge < -0.3 is 9.84 Å². The molecule has 0 bridgehead atoms. The fourth-order valence-corrected chi connectivity index (χ4v) is 1.80. The van der Waals surface area contributed by atoms with Crippen LogP contribution in [-0.2, 0) is 4.79 Å². The molecule has 2 N–H and O–H groups in total. The van der Waals surface area contributed by atoms with E-state index in [1.54, 1.807) is 18.2 Å². The largest absolute Gasteiger partial charge is 0.507 e. The Kier molecular flexibility index (Phi) is 5.45. The molecule has 0 atom stereocenters. The number of nitro groups is 1. The summed E-state index contributed by atoms with van der Waals surface area (Å²) in [6.45, 7) is 1.49. The van der Waals surface area contributed by atoms with Gasteiger partial charge in [0.25, 0.3) is 11.6 Å². The van der Waals surface area contributed by atoms with Crippen molar-refractivity contribution in [1.29, 1.82) is 0 Å². The van der Waals surface area contributed by atoms with E-state index < -0.39 is 10.8 Å². The van der Waals surface area contributed by atoms with Crippen molar-refractivity contribution in [3.8, 4) is 11.5 Å². The lowest BCUT2D eigenvalue weighted by Crippen LogP contribution is -2.24. The zero-order valence-electron chi connectivity index (χ0n) is 12.8. The average Bonchev–Trinajstić information content (AvgIpc) is 2.55. The van der Waals surface area contributed by atoms with E-state index in [1.165, 1.54) is 30.5 Å². The summed E-state index contributed by atoms with van der Waals surface area (Å²) in [5.74, 6) is -0.273. The maximum absolute atomic E-state index is 11.6. The first-order chi connectivity index (χ1) is 11.5. The van der Waals surface area contributed by atoms with Gasteiger partial charge in [-0.15, -0.1) is 0 Å². The quantitative estimate of drug-likeness (QED) is 0.479. The molecule has 24 heavy (non-hydrogen) atoms. The van der Waals surface area contributed by atoms with Gasteiger partial charge in [0.2, 0.25) is 0 Å². The average molecular weight is 329 g/mol. The van der Waals surface area contributed by atoms with E-state index in [0.717, 1.165) is 5.56 Å². The molecule has 8 nitrogen and oxygen atoms in total. The number of aromatic hydroxyl groups is 1. The molecule has 0 aromatic heterocycles. The van der Waals surface area contributed by atoms with Crippen LogP contribution in [0.25, 0.3) is 0 Å². The first kappa shape index (κ1) is 16.9. The fraction of sp³-hybridized carbons (Fsp3) is 0.125. The van der Waals surface area contributed by atoms with Crippen molar-refractivity contribution in [3.05, 3.63) is 63.7 Å². The third-order valence-corrected chi connectivity index (χ3v) is 2.98. The molecule has 0 aliphatic heterocycles. The number of phenolic OH excluding ortho intramolecular Hbond substituents is 1. The van der Waals surface area contributed by atoms with E-state index in [2.05, 4.69) is 10.5 Å². The molecule has 0 fully saturated rings. The van der Waals surface area contributed by atoms with E-state index in [1.807, 2.05) is 6.92 Å². The molecule has 0 radical (unpaired) electrons. The fourth-order valence-electron chi connectivity index (χ4n) is 1.80. The highest BCUT2D eigenvalue weighted by Gasteiger charge is 2.08. The second-order valence-corrected chi connectivity index (χ2v) is 4.90. The molecule has 0 heterocycles. The minimum Gasteiger partial charge on any atom is -0.507 e. The molecular weight excluding hydrogens is 314 g/mol. The second kappa shape index (κ2) is 7.73. The van der Waals surface area contributed by atoms with Gasteiger partial charge in [0, 0.05) is 11.6 Å². The molecule has 8 heteroatoms. The van der Waals surface area contributed by atoms with Crippen LogP contribution in [0.5, 0.6) is 11.5 Å². The maximum Gasteiger partial charge on any atom is 0.277 e. The van der Waals surface area contributed by atoms with Gasteiger partial charge in [-0.2, -0.15) is 5.10 Å². The summed E-state index contributed by atoms with van der Waals surface area (Å²) in [5.41, 5.74) is 3.48. The van der Waals surface area contributed by atoms with Gasteiger partial charge in [-0.3, -0.25) is 14.9 Å². The van der Waals surface area contributed by atoms with Crippen LogP contribution in [0.3, 0.4) is 0 Å². The van der Waals surface area contributed by atoms with Crippen LogP contribution in [0.15, 0.2) is 47.6 Å². The number of carbonyl (C=O) groups excluding carboxylic acids is 1. The highest BCUT2D eigenvalue weighted by Crippen LogP contribution is 2.19. The minimum atomic E-state index is -0.550. The Labute approximate surface area is 137 Å². The molecule has 0 saturated carbocycles. The summed E-state index contributed by atoms with van der Waals surface area (Å²) in [4.78, 5) is 21.7. The number of ether oxygens (including phenoxy) is 1. The predicted molar refractivity (Wildman–Crippen MR) is 87.2 cm³/mol. The van der Waals surface area contributed by atoms with E-state index in [0.29, 0.717) is 5.56 Å². The molecule has 2 aromatic rings. The number of carbonyl (C=O) groups is 1. The Bertz CT molecular complexity index is 789. The number of nitro benzene ring substituents is 1. The monoisotopic (exact) mass is 329 g/mol. The van der Waals surface area contributed by atoms with Gasteiger partial charge in [0.1, 0.15) is 11.5 Å². The molecule has 1 amide bonds. The van der Waals surface area contributed by atoms with Gasteiger partial charge in [-0.05, 0) is 30.7 Å². The van der Waals surface area contributed by atoms with Crippen molar-refractivity contribution >= 4 is 17.8 Å². The lowest BCUT2D eigenvalue weighted by Gasteiger charge is -2.04. The van der Waals surface area contributed by atoms with E-state index in [4.69, 9.17) is 4.74 Å². The Balaban J connectivity index is 1.86. The topological polar surface area (TPSA) is 114 Å². The molecule has 2 rings (SSSR count). The molecule has 124 valence electrons. The van der Waals surface area contributed by atoms with Crippen molar-refractivity contribution in [1.82, 2.24) is 5.43 Å². The van der Waals surface area contributed by atoms with Crippen molar-refractivity contribution in [2.24, 2.45) is 5.10 Å². The Hall–Kier alpha value is -3.42. The van der Waals surface area contributed by atoms with Crippen LogP contribution >= 0.6 is 0 Å². The summed E-state index contributed by atoms with van der Waals surface area (Å²) in [6.07, 6.45) is 1.31. The van der Waals surface area contributed by atoms with Crippen molar-refractivity contribution in [2.75, 3.05) is 6.61 Å². The second-order valence-electron chi connectivity index (χ2n) is 4.90. The maximum atomic E-state index is 11.6. The van der Waals surface area contributed by atoms with Crippen molar-refractivity contribution in [2.45, 2.75) is 6.92 Å². The molecule has 0 spiro atoms. The Morgan fingerprint density at radius 3 is 2.88 bits per heavy atom. The number of non-ortho nitro benzene ring substituents is 1. The van der Waals surface area contributed by atoms with Gasteiger partial charge >= 0.3 is 0 Å². The minimum absolute atomic E-state index is 0.0563. The number of hydrazone groups is 1. The zero-order chi connectivity index (χ0) is 17.5. The highest BCUT2D eigenvalue weighted by atomic mass is 16.6. The Morgan fingerprint density at radius 1 is 1.38 bits per heavy atom. The SMILES string of the molecule is Cc1ccc(/C=N\NC(=O)COc2cccc([N+](=O)[O-])c2)c(O)c1. The van der Waals surface area contributed by atoms with Crippen LogP contribution in [0.4, 0.5) is 5.69 Å². The summed E-state index contributed by atoms with van der Waals surface area (Å²) < 4.78 is 5.16. The van der Waals surface area contributed by atoms with Gasteiger partial charge in [-0.1, -0.05) is 12.1 Å². The third kappa shape index (κ3) is 4.80. The zero-order valence-corrected chi connectivity index (χ0v) is 12.8. The molecule has 0 aliphatic carbocycles. The van der Waals surface area contributed by atoms with Crippen molar-refractivity contribution < 1.29 is 19.6 Å². The summed E-state index contributed by atoms with van der Waals surface area (Å²) in [6, 6.07) is 10.6. The number of nitrogens with one attached hydrogen (secondary N) is 1. The molecule has 0 unspecified atom stereocenters. The lowest BCUT2D eigenvalue weighted by atomic mass is 10.1. The van der Waals surface area contributed by atoms with Crippen LogP contribution in [0.1, 0.15) is 11.1 Å². The van der Waals surface area contributed by atoms with Gasteiger partial charge in [0.15, 0.2) is 6.61 Å². The van der Waals surface area contributed by atoms with Gasteiger partial charge in [0.05, 0.1) is 17.2 Å². The standard InChI is InChI=1S/C16H15N3O5/c1-11-5-6-12(15(20)7-11)9-17-18-16(21)10-24-14-4-2-3-13(8-14)19(22)23/h2-9,20H,10H2,1H3,(H,18,21)/b17-9-. The first-order valence-electron chi connectivity index (χ1n) is 6.94. The van der Waals surface area contributed by atoms with Crippen LogP contribution in [-0.4, -0.2) is 28.8 Å². The van der Waals surface area contributed by atoms with Crippen LogP contribution in [0, 0.1) is 17.0 Å². The molecular formula is C16H15N3O5. The normalized spacial score (nSPS) is 10.5. The smallest absolute Gasteiger partial charge is 0.277 e. The summed E-state index contributed by atoms with van der Waals surface area (Å²) >= 11 is 0. The molecule has 0 aliphatic rings. The van der Waals surface area contributed by atoms with Gasteiger partial charge in [-0.25, -0.2) is 5.43 Å². The van der Waals surface area contributed by atoms with Crippen molar-refractivity contribution in [3.63, 3.8) is 0 Å². The number of rotatable bonds is 6. The third-order valence-electron chi connectivity index (χ3n) is 2.98.